The first-order valence-corrected chi connectivity index (χ1v) is 6.01. The van der Waals surface area contributed by atoms with Crippen LogP contribution in [-0.2, 0) is 4.74 Å². The summed E-state index contributed by atoms with van der Waals surface area (Å²) in [7, 11) is 0. The number of cyclic esters (lactones) is 1. The number of nitriles is 1. The van der Waals surface area contributed by atoms with Crippen molar-refractivity contribution in [3.8, 4) is 6.07 Å². The van der Waals surface area contributed by atoms with Gasteiger partial charge in [-0.05, 0) is 18.1 Å². The van der Waals surface area contributed by atoms with Gasteiger partial charge in [-0.1, -0.05) is 13.8 Å². The van der Waals surface area contributed by atoms with Gasteiger partial charge in [-0.3, -0.25) is 0 Å². The number of amides is 1. The fraction of sp³-hybridized carbons (Fsp3) is 0.538. The number of hydrogen-bond acceptors (Lipinski definition) is 4. The van der Waals surface area contributed by atoms with E-state index in [0.29, 0.717) is 5.76 Å². The SMILES string of the molecule is CC(C)[C@@H]1[C@@H](CC#N)NC(=O)O[C@H]1c1ccco1. The fourth-order valence-corrected chi connectivity index (χ4v) is 2.49. The lowest BCUT2D eigenvalue weighted by atomic mass is 9.80. The van der Waals surface area contributed by atoms with E-state index < -0.39 is 12.2 Å². The zero-order valence-corrected chi connectivity index (χ0v) is 10.4. The third-order valence-electron chi connectivity index (χ3n) is 3.26. The van der Waals surface area contributed by atoms with Crippen molar-refractivity contribution < 1.29 is 13.9 Å². The lowest BCUT2D eigenvalue weighted by molar-refractivity contribution is -0.0142. The summed E-state index contributed by atoms with van der Waals surface area (Å²) in [5.74, 6) is 0.916. The highest BCUT2D eigenvalue weighted by Gasteiger charge is 2.42. The van der Waals surface area contributed by atoms with Crippen LogP contribution in [0.1, 0.15) is 32.1 Å². The molecule has 3 atom stereocenters. The summed E-state index contributed by atoms with van der Waals surface area (Å²) in [6.45, 7) is 4.09. The molecule has 1 amide bonds. The van der Waals surface area contributed by atoms with Crippen molar-refractivity contribution in [2.24, 2.45) is 11.8 Å². The molecule has 0 bridgehead atoms. The van der Waals surface area contributed by atoms with E-state index >= 15 is 0 Å². The third kappa shape index (κ3) is 2.33. The number of hydrogen-bond donors (Lipinski definition) is 1. The zero-order chi connectivity index (χ0) is 13.1. The average molecular weight is 248 g/mol. The summed E-state index contributed by atoms with van der Waals surface area (Å²) >= 11 is 0. The van der Waals surface area contributed by atoms with Crippen LogP contribution in [0.4, 0.5) is 4.79 Å². The molecule has 0 radical (unpaired) electrons. The predicted molar refractivity (Wildman–Crippen MR) is 63.4 cm³/mol. The molecule has 1 N–H and O–H groups in total. The maximum atomic E-state index is 11.5. The van der Waals surface area contributed by atoms with Gasteiger partial charge < -0.3 is 14.5 Å². The first-order chi connectivity index (χ1) is 8.63. The largest absolute Gasteiger partial charge is 0.465 e. The molecule has 18 heavy (non-hydrogen) atoms. The van der Waals surface area contributed by atoms with Crippen LogP contribution >= 0.6 is 0 Å². The summed E-state index contributed by atoms with van der Waals surface area (Å²) in [5, 5.41) is 11.6. The molecular formula is C13H16N2O3. The number of nitrogens with zero attached hydrogens (tertiary/aromatic N) is 1. The van der Waals surface area contributed by atoms with Gasteiger partial charge in [0.1, 0.15) is 5.76 Å². The molecule has 1 aliphatic heterocycles. The van der Waals surface area contributed by atoms with Gasteiger partial charge in [-0.2, -0.15) is 5.26 Å². The first-order valence-electron chi connectivity index (χ1n) is 6.01. The Labute approximate surface area is 106 Å². The van der Waals surface area contributed by atoms with Gasteiger partial charge in [0.15, 0.2) is 6.10 Å². The Balaban J connectivity index is 2.30. The Morgan fingerprint density at radius 2 is 2.33 bits per heavy atom. The van der Waals surface area contributed by atoms with E-state index in [4.69, 9.17) is 14.4 Å². The second-order valence-electron chi connectivity index (χ2n) is 4.78. The van der Waals surface area contributed by atoms with Crippen molar-refractivity contribution in [1.82, 2.24) is 5.32 Å². The molecule has 0 aromatic carbocycles. The molecule has 1 fully saturated rings. The van der Waals surface area contributed by atoms with Gasteiger partial charge in [0.2, 0.25) is 0 Å². The Bertz CT molecular complexity index is 447. The van der Waals surface area contributed by atoms with Crippen molar-refractivity contribution in [2.75, 3.05) is 0 Å². The summed E-state index contributed by atoms with van der Waals surface area (Å²) < 4.78 is 10.7. The fourth-order valence-electron chi connectivity index (χ4n) is 2.49. The van der Waals surface area contributed by atoms with E-state index in [1.807, 2.05) is 13.8 Å². The number of alkyl carbamates (subject to hydrolysis) is 1. The van der Waals surface area contributed by atoms with E-state index in [9.17, 15) is 4.79 Å². The summed E-state index contributed by atoms with van der Waals surface area (Å²) in [6, 6.07) is 5.46. The topological polar surface area (TPSA) is 75.3 Å². The molecule has 5 heteroatoms. The number of furan rings is 1. The molecule has 1 aromatic heterocycles. The minimum absolute atomic E-state index is 0.0218. The molecule has 1 aliphatic rings. The van der Waals surface area contributed by atoms with Crippen LogP contribution < -0.4 is 5.32 Å². The molecule has 0 saturated carbocycles. The lowest BCUT2D eigenvalue weighted by Crippen LogP contribution is -2.50. The van der Waals surface area contributed by atoms with E-state index in [-0.39, 0.29) is 24.3 Å². The monoisotopic (exact) mass is 248 g/mol. The molecule has 5 nitrogen and oxygen atoms in total. The van der Waals surface area contributed by atoms with Crippen molar-refractivity contribution >= 4 is 6.09 Å². The number of nitrogens with one attached hydrogen (secondary N) is 1. The van der Waals surface area contributed by atoms with E-state index in [0.717, 1.165) is 0 Å². The van der Waals surface area contributed by atoms with Gasteiger partial charge >= 0.3 is 6.09 Å². The Morgan fingerprint density at radius 3 is 2.89 bits per heavy atom. The van der Waals surface area contributed by atoms with Crippen LogP contribution in [0.5, 0.6) is 0 Å². The normalized spacial score (nSPS) is 27.4. The van der Waals surface area contributed by atoms with Crippen molar-refractivity contribution in [1.29, 1.82) is 5.26 Å². The zero-order valence-electron chi connectivity index (χ0n) is 10.4. The average Bonchev–Trinajstić information content (AvgIpc) is 2.81. The Kier molecular flexibility index (Phi) is 3.56. The van der Waals surface area contributed by atoms with Crippen LogP contribution in [0.3, 0.4) is 0 Å². The van der Waals surface area contributed by atoms with Gasteiger partial charge in [0.05, 0.1) is 24.8 Å². The van der Waals surface area contributed by atoms with Crippen LogP contribution in [0, 0.1) is 23.2 Å². The number of carbonyl (C=O) groups is 1. The van der Waals surface area contributed by atoms with Crippen molar-refractivity contribution in [3.63, 3.8) is 0 Å². The van der Waals surface area contributed by atoms with Crippen LogP contribution in [0.2, 0.25) is 0 Å². The summed E-state index contributed by atoms with van der Waals surface area (Å²) in [4.78, 5) is 11.5. The molecule has 0 unspecified atom stereocenters. The summed E-state index contributed by atoms with van der Waals surface area (Å²) in [6.07, 6.45) is 0.914. The number of ether oxygens (including phenoxy) is 1. The molecule has 1 aromatic rings. The Morgan fingerprint density at radius 1 is 1.56 bits per heavy atom. The molecule has 2 rings (SSSR count). The molecule has 0 spiro atoms. The number of carbonyl (C=O) groups excluding carboxylic acids is 1. The highest BCUT2D eigenvalue weighted by molar-refractivity contribution is 5.69. The molecule has 2 heterocycles. The second-order valence-corrected chi connectivity index (χ2v) is 4.78. The van der Waals surface area contributed by atoms with Gasteiger partial charge in [-0.15, -0.1) is 0 Å². The molecular weight excluding hydrogens is 232 g/mol. The minimum Gasteiger partial charge on any atom is -0.465 e. The smallest absolute Gasteiger partial charge is 0.408 e. The van der Waals surface area contributed by atoms with Crippen molar-refractivity contribution in [3.05, 3.63) is 24.2 Å². The van der Waals surface area contributed by atoms with Crippen LogP contribution in [0.15, 0.2) is 22.8 Å². The molecule has 1 saturated heterocycles. The maximum absolute atomic E-state index is 11.5. The highest BCUT2D eigenvalue weighted by atomic mass is 16.6. The minimum atomic E-state index is -0.492. The van der Waals surface area contributed by atoms with E-state index in [1.165, 1.54) is 0 Å². The first kappa shape index (κ1) is 12.5. The van der Waals surface area contributed by atoms with Crippen molar-refractivity contribution in [2.45, 2.75) is 32.4 Å². The Hall–Kier alpha value is -1.96. The highest BCUT2D eigenvalue weighted by Crippen LogP contribution is 2.37. The van der Waals surface area contributed by atoms with Gasteiger partial charge in [0, 0.05) is 5.92 Å². The van der Waals surface area contributed by atoms with Crippen LogP contribution in [-0.4, -0.2) is 12.1 Å². The summed E-state index contributed by atoms with van der Waals surface area (Å²) in [5.41, 5.74) is 0. The molecule has 96 valence electrons. The van der Waals surface area contributed by atoms with Gasteiger partial charge in [-0.25, -0.2) is 4.79 Å². The van der Waals surface area contributed by atoms with E-state index in [2.05, 4.69) is 11.4 Å². The van der Waals surface area contributed by atoms with Crippen LogP contribution in [0.25, 0.3) is 0 Å². The molecule has 0 aliphatic carbocycles. The standard InChI is InChI=1S/C13H16N2O3/c1-8(2)11-9(5-6-14)15-13(16)18-12(11)10-4-3-7-17-10/h3-4,7-9,11-12H,5H2,1-2H3,(H,15,16)/t9-,11-,12+/m1/s1. The lowest BCUT2D eigenvalue weighted by Gasteiger charge is -2.38. The van der Waals surface area contributed by atoms with Gasteiger partial charge in [0.25, 0.3) is 0 Å². The predicted octanol–water partition coefficient (Wildman–Crippen LogP) is 2.61. The maximum Gasteiger partial charge on any atom is 0.408 e. The van der Waals surface area contributed by atoms with E-state index in [1.54, 1.807) is 18.4 Å². The number of rotatable bonds is 3. The quantitative estimate of drug-likeness (QED) is 0.892. The second kappa shape index (κ2) is 5.13. The third-order valence-corrected chi connectivity index (χ3v) is 3.26.